The third-order valence-corrected chi connectivity index (χ3v) is 3.91. The Bertz CT molecular complexity index is 689. The summed E-state index contributed by atoms with van der Waals surface area (Å²) in [4.78, 5) is 13.1. The van der Waals surface area contributed by atoms with Gasteiger partial charge in [-0.2, -0.15) is 4.98 Å². The second-order valence-corrected chi connectivity index (χ2v) is 7.01. The summed E-state index contributed by atoms with van der Waals surface area (Å²) in [5.74, 6) is 1.06. The topological polar surface area (TPSA) is 118 Å². The van der Waals surface area contributed by atoms with Crippen molar-refractivity contribution in [3.63, 3.8) is 0 Å². The van der Waals surface area contributed by atoms with Crippen molar-refractivity contribution in [2.75, 3.05) is 23.8 Å². The number of hydrogen-bond acceptors (Lipinski definition) is 8. The van der Waals surface area contributed by atoms with E-state index in [0.29, 0.717) is 41.2 Å². The van der Waals surface area contributed by atoms with Crippen LogP contribution in [0, 0.1) is 0 Å². The highest BCUT2D eigenvalue weighted by Gasteiger charge is 2.20. The van der Waals surface area contributed by atoms with Crippen LogP contribution in [-0.2, 0) is 4.74 Å². The summed E-state index contributed by atoms with van der Waals surface area (Å²) in [5, 5.41) is 16.2. The van der Waals surface area contributed by atoms with Crippen LogP contribution in [0.3, 0.4) is 0 Å². The lowest BCUT2D eigenvalue weighted by Crippen LogP contribution is -2.27. The monoisotopic (exact) mass is 368 g/mol. The summed E-state index contributed by atoms with van der Waals surface area (Å²) < 4.78 is 5.66. The van der Waals surface area contributed by atoms with Gasteiger partial charge in [0.2, 0.25) is 11.8 Å². The van der Waals surface area contributed by atoms with E-state index in [9.17, 15) is 5.11 Å². The highest BCUT2D eigenvalue weighted by atomic mass is 35.5. The summed E-state index contributed by atoms with van der Waals surface area (Å²) >= 11 is 6.16. The third-order valence-electron chi connectivity index (χ3n) is 3.64. The molecule has 0 radical (unpaired) electrons. The number of aliphatic hydroxyl groups is 1. The van der Waals surface area contributed by atoms with Crippen molar-refractivity contribution in [1.29, 1.82) is 0 Å². The van der Waals surface area contributed by atoms with Crippen molar-refractivity contribution in [3.05, 3.63) is 22.8 Å². The van der Waals surface area contributed by atoms with Crippen LogP contribution in [-0.4, -0.2) is 45.6 Å². The van der Waals surface area contributed by atoms with Crippen LogP contribution in [0.25, 0.3) is 0 Å². The second kappa shape index (κ2) is 7.88. The molecule has 0 spiro atoms. The highest BCUT2D eigenvalue weighted by Crippen LogP contribution is 2.23. The summed E-state index contributed by atoms with van der Waals surface area (Å²) in [7, 11) is 0. The van der Waals surface area contributed by atoms with Crippen molar-refractivity contribution in [3.8, 4) is 0 Å². The van der Waals surface area contributed by atoms with Crippen molar-refractivity contribution < 1.29 is 9.84 Å². The molecule has 0 aromatic carbocycles. The molecule has 8 nitrogen and oxygen atoms in total. The van der Waals surface area contributed by atoms with Crippen LogP contribution < -0.4 is 16.4 Å². The average Bonchev–Trinajstić information content (AvgIpc) is 2.56. The SMILES string of the molecule is CC(=NC(C)(C)CO)C1=C(N)OCC[C@@H](C)Nc2nc(ncc2Cl)N1. The van der Waals surface area contributed by atoms with Crippen LogP contribution in [0.5, 0.6) is 0 Å². The number of ether oxygens (including phenoxy) is 1. The number of halogens is 1. The van der Waals surface area contributed by atoms with Crippen LogP contribution in [0.2, 0.25) is 5.02 Å². The normalized spacial score (nSPS) is 19.4. The largest absolute Gasteiger partial charge is 0.478 e. The van der Waals surface area contributed by atoms with Gasteiger partial charge in [-0.25, -0.2) is 4.98 Å². The number of nitrogens with zero attached hydrogens (tertiary/aromatic N) is 3. The maximum absolute atomic E-state index is 9.45. The van der Waals surface area contributed by atoms with Crippen molar-refractivity contribution in [2.24, 2.45) is 10.7 Å². The first-order valence-corrected chi connectivity index (χ1v) is 8.46. The lowest BCUT2D eigenvalue weighted by atomic mass is 10.1. The molecule has 0 unspecified atom stereocenters. The number of fused-ring (bicyclic) bond motifs is 2. The highest BCUT2D eigenvalue weighted by molar-refractivity contribution is 6.32. The van der Waals surface area contributed by atoms with Crippen LogP contribution in [0.4, 0.5) is 11.8 Å². The van der Waals surface area contributed by atoms with Crippen LogP contribution >= 0.6 is 11.6 Å². The molecule has 1 aromatic rings. The van der Waals surface area contributed by atoms with Gasteiger partial charge in [0.25, 0.3) is 0 Å². The molecule has 2 bridgehead atoms. The molecular weight excluding hydrogens is 344 g/mol. The van der Waals surface area contributed by atoms with Crippen LogP contribution in [0.15, 0.2) is 22.8 Å². The number of nitrogens with one attached hydrogen (secondary N) is 2. The smallest absolute Gasteiger partial charge is 0.229 e. The molecule has 1 aliphatic rings. The number of anilines is 2. The number of aromatic nitrogens is 2. The second-order valence-electron chi connectivity index (χ2n) is 6.60. The third kappa shape index (κ3) is 5.20. The van der Waals surface area contributed by atoms with Gasteiger partial charge in [0.1, 0.15) is 10.7 Å². The number of nitrogens with two attached hydrogens (primary N) is 1. The Morgan fingerprint density at radius 2 is 2.28 bits per heavy atom. The number of rotatable bonds is 3. The molecular formula is C16H25ClN6O2. The Labute approximate surface area is 152 Å². The van der Waals surface area contributed by atoms with E-state index in [1.807, 2.05) is 20.8 Å². The lowest BCUT2D eigenvalue weighted by Gasteiger charge is -2.20. The van der Waals surface area contributed by atoms with Gasteiger partial charge < -0.3 is 26.2 Å². The standard InChI is InChI=1S/C16H25ClN6O2/c1-9-5-6-25-13(18)12(10(2)23-16(3,4)8-24)21-15-19-7-11(17)14(20-9)22-15/h7,9,24H,5-6,8,18H2,1-4H3,(H2,19,20,21,22)/t9-/m1/s1. The Balaban J connectivity index is 2.45. The first-order chi connectivity index (χ1) is 11.7. The fourth-order valence-corrected chi connectivity index (χ4v) is 2.38. The minimum atomic E-state index is -0.646. The zero-order valence-corrected chi connectivity index (χ0v) is 15.7. The summed E-state index contributed by atoms with van der Waals surface area (Å²) in [6.45, 7) is 7.76. The van der Waals surface area contributed by atoms with Gasteiger partial charge in [0, 0.05) is 12.5 Å². The first kappa shape index (κ1) is 19.3. The quantitative estimate of drug-likeness (QED) is 0.603. The van der Waals surface area contributed by atoms with Crippen molar-refractivity contribution >= 4 is 29.1 Å². The van der Waals surface area contributed by atoms with Gasteiger partial charge in [-0.05, 0) is 27.7 Å². The Kier molecular flexibility index (Phi) is 6.07. The maximum Gasteiger partial charge on any atom is 0.229 e. The number of hydrogen-bond donors (Lipinski definition) is 4. The molecule has 1 atom stereocenters. The van der Waals surface area contributed by atoms with Crippen LogP contribution in [0.1, 0.15) is 34.1 Å². The van der Waals surface area contributed by atoms with Gasteiger partial charge >= 0.3 is 0 Å². The Morgan fingerprint density at radius 1 is 1.56 bits per heavy atom. The maximum atomic E-state index is 9.45. The lowest BCUT2D eigenvalue weighted by molar-refractivity contribution is 0.200. The van der Waals surface area contributed by atoms with Gasteiger partial charge in [-0.15, -0.1) is 0 Å². The van der Waals surface area contributed by atoms with Crippen molar-refractivity contribution in [2.45, 2.75) is 45.7 Å². The van der Waals surface area contributed by atoms with Gasteiger partial charge in [0.15, 0.2) is 5.82 Å². The number of aliphatic hydroxyl groups excluding tert-OH is 1. The van der Waals surface area contributed by atoms with E-state index in [0.717, 1.165) is 0 Å². The number of allylic oxidation sites excluding steroid dienone is 1. The summed E-state index contributed by atoms with van der Waals surface area (Å²) in [6.07, 6.45) is 2.23. The molecule has 0 saturated heterocycles. The van der Waals surface area contributed by atoms with E-state index in [1.54, 1.807) is 6.92 Å². The van der Waals surface area contributed by atoms with E-state index in [-0.39, 0.29) is 18.5 Å². The van der Waals surface area contributed by atoms with E-state index in [4.69, 9.17) is 22.1 Å². The Hall–Kier alpha value is -2.06. The van der Waals surface area contributed by atoms with E-state index in [2.05, 4.69) is 25.6 Å². The van der Waals surface area contributed by atoms with E-state index < -0.39 is 5.54 Å². The number of aliphatic imine (C=N–C) groups is 1. The molecule has 2 heterocycles. The minimum Gasteiger partial charge on any atom is -0.478 e. The first-order valence-electron chi connectivity index (χ1n) is 8.08. The fraction of sp³-hybridized carbons (Fsp3) is 0.562. The molecule has 0 aliphatic carbocycles. The van der Waals surface area contributed by atoms with Gasteiger partial charge in [-0.3, -0.25) is 4.99 Å². The molecule has 0 amide bonds. The molecule has 0 saturated carbocycles. The zero-order chi connectivity index (χ0) is 18.6. The Morgan fingerprint density at radius 3 is 2.96 bits per heavy atom. The van der Waals surface area contributed by atoms with E-state index >= 15 is 0 Å². The molecule has 1 aromatic heterocycles. The molecule has 2 rings (SSSR count). The molecule has 5 N–H and O–H groups in total. The molecule has 0 fully saturated rings. The average molecular weight is 369 g/mol. The van der Waals surface area contributed by atoms with Gasteiger partial charge in [0.05, 0.1) is 30.7 Å². The molecule has 25 heavy (non-hydrogen) atoms. The minimum absolute atomic E-state index is 0.0951. The van der Waals surface area contributed by atoms with Gasteiger partial charge in [-0.1, -0.05) is 11.6 Å². The molecule has 1 aliphatic heterocycles. The zero-order valence-electron chi connectivity index (χ0n) is 14.9. The predicted molar refractivity (Wildman–Crippen MR) is 99.8 cm³/mol. The van der Waals surface area contributed by atoms with E-state index in [1.165, 1.54) is 6.20 Å². The summed E-state index contributed by atoms with van der Waals surface area (Å²) in [6, 6.07) is 0.0951. The fourth-order valence-electron chi connectivity index (χ4n) is 2.24. The molecule has 9 heteroatoms. The molecule has 138 valence electrons. The van der Waals surface area contributed by atoms with Crippen molar-refractivity contribution in [1.82, 2.24) is 9.97 Å². The predicted octanol–water partition coefficient (Wildman–Crippen LogP) is 2.12. The summed E-state index contributed by atoms with van der Waals surface area (Å²) in [5.41, 5.74) is 6.51.